The van der Waals surface area contributed by atoms with Gasteiger partial charge in [0.1, 0.15) is 12.2 Å². The van der Waals surface area contributed by atoms with Crippen LogP contribution < -0.4 is 0 Å². The van der Waals surface area contributed by atoms with Crippen molar-refractivity contribution in [3.05, 3.63) is 0 Å². The summed E-state index contributed by atoms with van der Waals surface area (Å²) in [7, 11) is 2.48. The van der Waals surface area contributed by atoms with Gasteiger partial charge in [-0.15, -0.1) is 0 Å². The second kappa shape index (κ2) is 12.3. The minimum atomic E-state index is -2.39. The molecule has 138 valence electrons. The molecule has 0 aromatic heterocycles. The quantitative estimate of drug-likeness (QED) is 0.282. The second-order valence-corrected chi connectivity index (χ2v) is 8.55. The monoisotopic (exact) mass is 352 g/mol. The Morgan fingerprint density at radius 1 is 0.870 bits per heavy atom. The minimum Gasteiger partial charge on any atom is -0.379 e. The highest BCUT2D eigenvalue weighted by atomic mass is 28.4. The lowest BCUT2D eigenvalue weighted by atomic mass is 10.5. The van der Waals surface area contributed by atoms with Crippen molar-refractivity contribution in [2.75, 3.05) is 61.0 Å². The van der Waals surface area contributed by atoms with Gasteiger partial charge in [0.2, 0.25) is 0 Å². The summed E-state index contributed by atoms with van der Waals surface area (Å²) in [6.07, 6.45) is 2.75. The van der Waals surface area contributed by atoms with Gasteiger partial charge in [-0.3, -0.25) is 0 Å². The third-order valence-electron chi connectivity index (χ3n) is 3.47. The maximum Gasteiger partial charge on any atom is 0.500 e. The average Bonchev–Trinajstić information content (AvgIpc) is 3.47. The molecule has 0 aliphatic carbocycles. The lowest BCUT2D eigenvalue weighted by Crippen LogP contribution is -2.42. The minimum absolute atomic E-state index is 0.333. The Kier molecular flexibility index (Phi) is 11.2. The molecule has 2 aliphatic heterocycles. The van der Waals surface area contributed by atoms with Crippen LogP contribution in [0.1, 0.15) is 19.8 Å². The van der Waals surface area contributed by atoms with Crippen molar-refractivity contribution in [3.63, 3.8) is 0 Å². The van der Waals surface area contributed by atoms with Gasteiger partial charge in [-0.1, -0.05) is 6.92 Å². The van der Waals surface area contributed by atoms with Crippen LogP contribution in [0.4, 0.5) is 0 Å². The van der Waals surface area contributed by atoms with Crippen molar-refractivity contribution in [1.29, 1.82) is 0 Å². The van der Waals surface area contributed by atoms with Crippen LogP contribution in [0.25, 0.3) is 0 Å². The maximum absolute atomic E-state index is 5.42. The zero-order chi connectivity index (χ0) is 17.0. The summed E-state index contributed by atoms with van der Waals surface area (Å²) >= 11 is 0. The normalized spacial score (nSPS) is 22.4. The number of hydrogen-bond acceptors (Lipinski definition) is 7. The van der Waals surface area contributed by atoms with Gasteiger partial charge in [-0.05, 0) is 12.8 Å². The van der Waals surface area contributed by atoms with Gasteiger partial charge in [0.05, 0.1) is 26.4 Å². The van der Waals surface area contributed by atoms with Gasteiger partial charge < -0.3 is 32.2 Å². The van der Waals surface area contributed by atoms with E-state index in [1.165, 1.54) is 0 Å². The van der Waals surface area contributed by atoms with E-state index in [-0.39, 0.29) is 0 Å². The zero-order valence-corrected chi connectivity index (χ0v) is 15.9. The van der Waals surface area contributed by atoms with E-state index in [9.17, 15) is 0 Å². The van der Waals surface area contributed by atoms with E-state index in [1.54, 1.807) is 21.3 Å². The average molecular weight is 353 g/mol. The Balaban J connectivity index is 0.000000277. The molecule has 0 radical (unpaired) electrons. The van der Waals surface area contributed by atoms with Crippen LogP contribution in [-0.4, -0.2) is 82.0 Å². The summed E-state index contributed by atoms with van der Waals surface area (Å²) in [5.74, 6) is 0. The highest BCUT2D eigenvalue weighted by molar-refractivity contribution is 6.60. The van der Waals surface area contributed by atoms with E-state index < -0.39 is 8.80 Å². The van der Waals surface area contributed by atoms with E-state index in [2.05, 4.69) is 6.92 Å². The lowest BCUT2D eigenvalue weighted by Gasteiger charge is -2.24. The number of epoxide rings is 2. The summed E-state index contributed by atoms with van der Waals surface area (Å²) in [5.41, 5.74) is 0. The van der Waals surface area contributed by atoms with Crippen LogP contribution in [0, 0.1) is 0 Å². The summed E-state index contributed by atoms with van der Waals surface area (Å²) < 4.78 is 36.4. The SMILES string of the molecule is CCCOCC1CO1.CO[Si](CCCOCC1CO1)(OC)OC. The highest BCUT2D eigenvalue weighted by Crippen LogP contribution is 2.15. The fourth-order valence-electron chi connectivity index (χ4n) is 1.85. The van der Waals surface area contributed by atoms with Crippen LogP contribution in [0.15, 0.2) is 0 Å². The first-order valence-corrected chi connectivity index (χ1v) is 10.2. The third-order valence-corrected chi connectivity index (χ3v) is 6.30. The van der Waals surface area contributed by atoms with Crippen molar-refractivity contribution in [3.8, 4) is 0 Å². The van der Waals surface area contributed by atoms with Gasteiger partial charge in [0.25, 0.3) is 0 Å². The lowest BCUT2D eigenvalue weighted by molar-refractivity contribution is 0.100. The van der Waals surface area contributed by atoms with Crippen molar-refractivity contribution < 1.29 is 32.2 Å². The molecule has 7 nitrogen and oxygen atoms in total. The van der Waals surface area contributed by atoms with Crippen LogP contribution >= 0.6 is 0 Å². The zero-order valence-electron chi connectivity index (χ0n) is 14.9. The highest BCUT2D eigenvalue weighted by Gasteiger charge is 2.36. The van der Waals surface area contributed by atoms with E-state index in [0.717, 1.165) is 45.3 Å². The second-order valence-electron chi connectivity index (χ2n) is 5.46. The molecule has 23 heavy (non-hydrogen) atoms. The molecule has 2 saturated heterocycles. The first-order valence-electron chi connectivity index (χ1n) is 8.23. The Morgan fingerprint density at radius 3 is 1.74 bits per heavy atom. The van der Waals surface area contributed by atoms with E-state index in [1.807, 2.05) is 0 Å². The molecule has 2 atom stereocenters. The molecular formula is C15H32O7Si. The van der Waals surface area contributed by atoms with Crippen LogP contribution in [-0.2, 0) is 32.2 Å². The Morgan fingerprint density at radius 2 is 1.35 bits per heavy atom. The molecule has 2 rings (SSSR count). The van der Waals surface area contributed by atoms with Gasteiger partial charge in [0, 0.05) is 40.6 Å². The first kappa shape index (κ1) is 21.0. The molecule has 0 amide bonds. The third kappa shape index (κ3) is 10.4. The van der Waals surface area contributed by atoms with Crippen molar-refractivity contribution in [2.45, 2.75) is 38.0 Å². The number of rotatable bonds is 13. The molecule has 0 aromatic carbocycles. The Bertz CT molecular complexity index is 273. The van der Waals surface area contributed by atoms with Crippen molar-refractivity contribution >= 4 is 8.80 Å². The van der Waals surface area contributed by atoms with E-state index in [4.69, 9.17) is 32.2 Å². The molecule has 0 saturated carbocycles. The molecular weight excluding hydrogens is 320 g/mol. The van der Waals surface area contributed by atoms with E-state index >= 15 is 0 Å². The van der Waals surface area contributed by atoms with Gasteiger partial charge in [-0.25, -0.2) is 0 Å². The smallest absolute Gasteiger partial charge is 0.379 e. The molecule has 0 N–H and O–H groups in total. The topological polar surface area (TPSA) is 71.2 Å². The number of ether oxygens (including phenoxy) is 4. The predicted molar refractivity (Wildman–Crippen MR) is 87.6 cm³/mol. The fourth-order valence-corrected chi connectivity index (χ4v) is 3.54. The Hall–Kier alpha value is -0.0631. The largest absolute Gasteiger partial charge is 0.500 e. The number of hydrogen-bond donors (Lipinski definition) is 0. The van der Waals surface area contributed by atoms with Gasteiger partial charge in [-0.2, -0.15) is 0 Å². The maximum atomic E-state index is 5.42. The molecule has 2 aliphatic rings. The molecule has 0 bridgehead atoms. The van der Waals surface area contributed by atoms with E-state index in [0.29, 0.717) is 25.4 Å². The summed E-state index contributed by atoms with van der Waals surface area (Å²) in [6.45, 7) is 6.92. The molecule has 8 heteroatoms. The Labute approximate surface area is 140 Å². The van der Waals surface area contributed by atoms with Crippen molar-refractivity contribution in [1.82, 2.24) is 0 Å². The first-order chi connectivity index (χ1) is 11.2. The summed E-state index contributed by atoms with van der Waals surface area (Å²) in [6, 6.07) is 0.780. The molecule has 2 heterocycles. The molecule has 2 unspecified atom stereocenters. The van der Waals surface area contributed by atoms with Crippen LogP contribution in [0.5, 0.6) is 0 Å². The molecule has 0 aromatic rings. The standard InChI is InChI=1S/C9H20O5Si.C6H12O2/c1-10-15(11-2,12-3)6-4-5-13-7-9-8-14-9;1-2-3-7-4-6-5-8-6/h9H,4-8H2,1-3H3;6H,2-5H2,1H3. The van der Waals surface area contributed by atoms with Gasteiger partial charge >= 0.3 is 8.80 Å². The van der Waals surface area contributed by atoms with Crippen molar-refractivity contribution in [2.24, 2.45) is 0 Å². The molecule has 0 spiro atoms. The predicted octanol–water partition coefficient (Wildman–Crippen LogP) is 1.48. The summed E-state index contributed by atoms with van der Waals surface area (Å²) in [4.78, 5) is 0. The molecule has 2 fully saturated rings. The van der Waals surface area contributed by atoms with Gasteiger partial charge in [0.15, 0.2) is 0 Å². The summed E-state index contributed by atoms with van der Waals surface area (Å²) in [5, 5.41) is 0. The fraction of sp³-hybridized carbons (Fsp3) is 1.00. The van der Waals surface area contributed by atoms with Crippen LogP contribution in [0.2, 0.25) is 6.04 Å². The van der Waals surface area contributed by atoms with Crippen LogP contribution in [0.3, 0.4) is 0 Å².